The molecule has 1 saturated heterocycles. The molecule has 0 aliphatic carbocycles. The zero-order valence-electron chi connectivity index (χ0n) is 10.0. The van der Waals surface area contributed by atoms with Crippen molar-refractivity contribution in [2.45, 2.75) is 32.2 Å². The van der Waals surface area contributed by atoms with Crippen LogP contribution in [-0.2, 0) is 0 Å². The quantitative estimate of drug-likeness (QED) is 0.495. The minimum Gasteiger partial charge on any atom is -0.465 e. The Hall–Kier alpha value is -0.993. The van der Waals surface area contributed by atoms with Gasteiger partial charge in [0.15, 0.2) is 0 Å². The molecule has 0 aromatic carbocycles. The van der Waals surface area contributed by atoms with E-state index in [0.29, 0.717) is 13.0 Å². The van der Waals surface area contributed by atoms with Crippen molar-refractivity contribution in [2.75, 3.05) is 13.1 Å². The largest absolute Gasteiger partial charge is 0.465 e. The third kappa shape index (κ3) is 3.87. The van der Waals surface area contributed by atoms with E-state index in [0.717, 1.165) is 0 Å². The number of likely N-dealkylation sites (tertiary alicyclic amines) is 1. The van der Waals surface area contributed by atoms with E-state index in [4.69, 9.17) is 5.11 Å². The normalized spacial score (nSPS) is 25.9. The molecule has 1 rings (SSSR count). The molecule has 0 aromatic rings. The first kappa shape index (κ1) is 13.1. The lowest BCUT2D eigenvalue weighted by Crippen LogP contribution is -2.45. The van der Waals surface area contributed by atoms with E-state index in [-0.39, 0.29) is 12.5 Å². The zero-order chi connectivity index (χ0) is 12.3. The van der Waals surface area contributed by atoms with Gasteiger partial charge in [0.2, 0.25) is 0 Å². The molecule has 1 fully saturated rings. The van der Waals surface area contributed by atoms with E-state index >= 15 is 0 Å². The van der Waals surface area contributed by atoms with E-state index in [1.165, 1.54) is 4.90 Å². The van der Waals surface area contributed by atoms with Crippen molar-refractivity contribution >= 4 is 14.2 Å². The van der Waals surface area contributed by atoms with Crippen LogP contribution in [0, 0.1) is 17.4 Å². The van der Waals surface area contributed by atoms with E-state index in [1.54, 1.807) is 0 Å². The zero-order valence-corrected chi connectivity index (χ0v) is 11.0. The maximum Gasteiger partial charge on any atom is 0.407 e. The average molecular weight is 241 g/mol. The van der Waals surface area contributed by atoms with E-state index in [1.807, 2.05) is 0 Å². The van der Waals surface area contributed by atoms with Gasteiger partial charge in [-0.05, 0) is 6.42 Å². The number of nitrogens with zero attached hydrogens (tertiary/aromatic N) is 1. The summed E-state index contributed by atoms with van der Waals surface area (Å²) in [7, 11) is -1.41. The SMILES string of the molecule is C[Si](C)(C)C#C[C@H]1CCN(C(=O)O)C[C@@H]1O. The van der Waals surface area contributed by atoms with E-state index in [2.05, 4.69) is 31.1 Å². The molecule has 0 radical (unpaired) electrons. The van der Waals surface area contributed by atoms with Crippen LogP contribution < -0.4 is 0 Å². The number of aliphatic hydroxyl groups is 1. The maximum atomic E-state index is 10.7. The van der Waals surface area contributed by atoms with Crippen molar-refractivity contribution in [1.29, 1.82) is 0 Å². The van der Waals surface area contributed by atoms with Gasteiger partial charge in [-0.1, -0.05) is 19.6 Å². The molecule has 0 bridgehead atoms. The predicted octanol–water partition coefficient (Wildman–Crippen LogP) is 1.23. The molecule has 1 aliphatic rings. The Bertz CT molecular complexity index is 326. The Balaban J connectivity index is 2.60. The summed E-state index contributed by atoms with van der Waals surface area (Å²) in [5.74, 6) is 3.05. The van der Waals surface area contributed by atoms with Gasteiger partial charge in [-0.2, -0.15) is 0 Å². The van der Waals surface area contributed by atoms with Gasteiger partial charge in [0.05, 0.1) is 12.6 Å². The van der Waals surface area contributed by atoms with Crippen LogP contribution in [0.5, 0.6) is 0 Å². The summed E-state index contributed by atoms with van der Waals surface area (Å²) in [6.45, 7) is 7.11. The average Bonchev–Trinajstić information content (AvgIpc) is 2.14. The molecular formula is C11H19NO3Si. The highest BCUT2D eigenvalue weighted by Gasteiger charge is 2.28. The van der Waals surface area contributed by atoms with Crippen molar-refractivity contribution in [2.24, 2.45) is 5.92 Å². The van der Waals surface area contributed by atoms with Crippen molar-refractivity contribution in [1.82, 2.24) is 4.90 Å². The summed E-state index contributed by atoms with van der Waals surface area (Å²) in [5.41, 5.74) is 3.23. The van der Waals surface area contributed by atoms with Crippen LogP contribution in [0.3, 0.4) is 0 Å². The Morgan fingerprint density at radius 3 is 2.50 bits per heavy atom. The standard InChI is InChI=1S/C11H19NO3Si/c1-16(2,3)7-5-9-4-6-12(11(14)15)8-10(9)13/h9-10,13H,4,6,8H2,1-3H3,(H,14,15)/t9-,10+/m1/s1. The van der Waals surface area contributed by atoms with Crippen LogP contribution in [0.1, 0.15) is 6.42 Å². The number of rotatable bonds is 0. The second kappa shape index (κ2) is 4.89. The molecule has 0 aromatic heterocycles. The molecule has 16 heavy (non-hydrogen) atoms. The summed E-state index contributed by atoms with van der Waals surface area (Å²) in [6, 6.07) is 0. The van der Waals surface area contributed by atoms with Crippen molar-refractivity contribution < 1.29 is 15.0 Å². The monoisotopic (exact) mass is 241 g/mol. The Labute approximate surface area is 97.3 Å². The van der Waals surface area contributed by atoms with Gasteiger partial charge in [-0.3, -0.25) is 0 Å². The van der Waals surface area contributed by atoms with Crippen molar-refractivity contribution in [3.8, 4) is 11.5 Å². The second-order valence-electron chi connectivity index (χ2n) is 5.21. The van der Waals surface area contributed by atoms with Gasteiger partial charge < -0.3 is 15.1 Å². The number of aliphatic hydroxyl groups excluding tert-OH is 1. The third-order valence-electron chi connectivity index (χ3n) is 2.49. The molecule has 0 unspecified atom stereocenters. The number of hydrogen-bond donors (Lipinski definition) is 2. The second-order valence-corrected chi connectivity index (χ2v) is 9.96. The number of β-amino-alcohol motifs (C(OH)–C–C–N with tert-alkyl or cyclic N) is 1. The lowest BCUT2D eigenvalue weighted by molar-refractivity contribution is 0.0438. The number of carbonyl (C=O) groups is 1. The summed E-state index contributed by atoms with van der Waals surface area (Å²) in [4.78, 5) is 12.0. The molecule has 5 heteroatoms. The molecule has 0 spiro atoms. The number of piperidine rings is 1. The van der Waals surface area contributed by atoms with Crippen LogP contribution in [0.4, 0.5) is 4.79 Å². The summed E-state index contributed by atoms with van der Waals surface area (Å²) in [5, 5.41) is 18.6. The topological polar surface area (TPSA) is 60.8 Å². The minimum atomic E-state index is -1.41. The maximum absolute atomic E-state index is 10.7. The Morgan fingerprint density at radius 2 is 2.06 bits per heavy atom. The minimum absolute atomic E-state index is 0.0673. The van der Waals surface area contributed by atoms with E-state index < -0.39 is 20.3 Å². The van der Waals surface area contributed by atoms with Gasteiger partial charge in [0, 0.05) is 12.5 Å². The summed E-state index contributed by atoms with van der Waals surface area (Å²) in [6.07, 6.45) is -0.977. The molecule has 2 N–H and O–H groups in total. The lowest BCUT2D eigenvalue weighted by Gasteiger charge is -2.31. The van der Waals surface area contributed by atoms with Gasteiger partial charge >= 0.3 is 6.09 Å². The summed E-state index contributed by atoms with van der Waals surface area (Å²) < 4.78 is 0. The number of hydrogen-bond acceptors (Lipinski definition) is 2. The highest BCUT2D eigenvalue weighted by molar-refractivity contribution is 6.83. The smallest absolute Gasteiger partial charge is 0.407 e. The highest BCUT2D eigenvalue weighted by Crippen LogP contribution is 2.17. The van der Waals surface area contributed by atoms with Crippen LogP contribution in [-0.4, -0.2) is 48.5 Å². The van der Waals surface area contributed by atoms with Crippen LogP contribution in [0.25, 0.3) is 0 Å². The summed E-state index contributed by atoms with van der Waals surface area (Å²) >= 11 is 0. The third-order valence-corrected chi connectivity index (χ3v) is 3.38. The van der Waals surface area contributed by atoms with Gasteiger partial charge in [-0.25, -0.2) is 4.79 Å². The van der Waals surface area contributed by atoms with Crippen LogP contribution in [0.15, 0.2) is 0 Å². The first-order chi connectivity index (χ1) is 7.29. The molecule has 1 heterocycles. The molecule has 90 valence electrons. The Morgan fingerprint density at radius 1 is 1.44 bits per heavy atom. The van der Waals surface area contributed by atoms with E-state index in [9.17, 15) is 9.90 Å². The molecule has 1 amide bonds. The van der Waals surface area contributed by atoms with Gasteiger partial charge in [0.1, 0.15) is 8.07 Å². The molecule has 2 atom stereocenters. The fourth-order valence-corrected chi connectivity index (χ4v) is 2.20. The fraction of sp³-hybridized carbons (Fsp3) is 0.727. The molecule has 1 aliphatic heterocycles. The van der Waals surface area contributed by atoms with Crippen molar-refractivity contribution in [3.05, 3.63) is 0 Å². The van der Waals surface area contributed by atoms with Gasteiger partial charge in [-0.15, -0.1) is 11.5 Å². The van der Waals surface area contributed by atoms with Gasteiger partial charge in [0.25, 0.3) is 0 Å². The predicted molar refractivity (Wildman–Crippen MR) is 64.8 cm³/mol. The number of carboxylic acid groups (broad SMARTS) is 1. The van der Waals surface area contributed by atoms with Crippen LogP contribution in [0.2, 0.25) is 19.6 Å². The first-order valence-electron chi connectivity index (χ1n) is 5.48. The van der Waals surface area contributed by atoms with Crippen molar-refractivity contribution in [3.63, 3.8) is 0 Å². The molecular weight excluding hydrogens is 222 g/mol. The molecule has 4 nitrogen and oxygen atoms in total. The fourth-order valence-electron chi connectivity index (χ4n) is 1.58. The number of amides is 1. The van der Waals surface area contributed by atoms with Crippen LogP contribution >= 0.6 is 0 Å². The molecule has 0 saturated carbocycles. The first-order valence-corrected chi connectivity index (χ1v) is 8.98. The highest BCUT2D eigenvalue weighted by atomic mass is 28.3. The Kier molecular flexibility index (Phi) is 4.00. The lowest BCUT2D eigenvalue weighted by atomic mass is 9.95.